The first-order valence-corrected chi connectivity index (χ1v) is 10.2. The van der Waals surface area contributed by atoms with Gasteiger partial charge in [-0.05, 0) is 17.9 Å². The molecule has 0 aromatic carbocycles. The van der Waals surface area contributed by atoms with Gasteiger partial charge in [0.15, 0.2) is 5.84 Å². The molecule has 0 aliphatic carbocycles. The van der Waals surface area contributed by atoms with Crippen LogP contribution < -0.4 is 0 Å². The normalized spacial score (nSPS) is 23.4. The number of carbonyl (C=O) groups excluding carboxylic acids is 2. The summed E-state index contributed by atoms with van der Waals surface area (Å²) >= 11 is 3.51. The average Bonchev–Trinajstić information content (AvgIpc) is 3.15. The SMILES string of the molecule is O=C1N=C2N=C(N3CCSCC3)N=CC2C(=O)N1CCc1cccs1. The number of hydrogen-bond donors (Lipinski definition) is 0. The number of carbonyl (C=O) groups is 2. The van der Waals surface area contributed by atoms with Crippen molar-refractivity contribution in [3.05, 3.63) is 22.4 Å². The van der Waals surface area contributed by atoms with E-state index in [2.05, 4.69) is 19.9 Å². The maximum Gasteiger partial charge on any atom is 0.352 e. The molecule has 3 aliphatic rings. The lowest BCUT2D eigenvalue weighted by Gasteiger charge is -2.31. The molecule has 1 fully saturated rings. The quantitative estimate of drug-likeness (QED) is 0.806. The number of imide groups is 1. The molecule has 0 radical (unpaired) electrons. The first kappa shape index (κ1) is 16.5. The number of guanidine groups is 1. The summed E-state index contributed by atoms with van der Waals surface area (Å²) in [5, 5.41) is 1.98. The highest BCUT2D eigenvalue weighted by molar-refractivity contribution is 7.99. The predicted molar refractivity (Wildman–Crippen MR) is 101 cm³/mol. The number of thiophene rings is 1. The van der Waals surface area contributed by atoms with Crippen molar-refractivity contribution in [2.45, 2.75) is 6.42 Å². The van der Waals surface area contributed by atoms with Crippen molar-refractivity contribution >= 4 is 53.0 Å². The van der Waals surface area contributed by atoms with E-state index in [4.69, 9.17) is 0 Å². The number of nitrogens with zero attached hydrogens (tertiary/aromatic N) is 5. The zero-order valence-electron chi connectivity index (χ0n) is 13.5. The maximum atomic E-state index is 12.7. The summed E-state index contributed by atoms with van der Waals surface area (Å²) in [5.74, 6) is 1.95. The Balaban J connectivity index is 1.50. The second kappa shape index (κ2) is 7.09. The van der Waals surface area contributed by atoms with Gasteiger partial charge in [-0.15, -0.1) is 11.3 Å². The molecular weight excluding hydrogens is 358 g/mol. The van der Waals surface area contributed by atoms with Crippen LogP contribution in [0.1, 0.15) is 4.88 Å². The molecule has 0 spiro atoms. The molecule has 0 saturated carbocycles. The Morgan fingerprint density at radius 1 is 1.20 bits per heavy atom. The Morgan fingerprint density at radius 2 is 2.04 bits per heavy atom. The smallest absolute Gasteiger partial charge is 0.339 e. The third kappa shape index (κ3) is 3.38. The number of urea groups is 1. The number of fused-ring (bicyclic) bond motifs is 1. The second-order valence-electron chi connectivity index (χ2n) is 5.84. The van der Waals surface area contributed by atoms with Gasteiger partial charge in [0.05, 0.1) is 0 Å². The molecular formula is C16H17N5O2S2. The van der Waals surface area contributed by atoms with E-state index in [-0.39, 0.29) is 11.7 Å². The third-order valence-electron chi connectivity index (χ3n) is 4.26. The zero-order chi connectivity index (χ0) is 17.2. The lowest BCUT2D eigenvalue weighted by atomic mass is 10.1. The molecule has 25 heavy (non-hydrogen) atoms. The monoisotopic (exact) mass is 375 g/mol. The van der Waals surface area contributed by atoms with Crippen LogP contribution >= 0.6 is 23.1 Å². The second-order valence-corrected chi connectivity index (χ2v) is 8.10. The zero-order valence-corrected chi connectivity index (χ0v) is 15.1. The van der Waals surface area contributed by atoms with Gasteiger partial charge in [0, 0.05) is 42.2 Å². The van der Waals surface area contributed by atoms with E-state index in [0.717, 1.165) is 29.5 Å². The van der Waals surface area contributed by atoms with Crippen LogP contribution in [0.25, 0.3) is 0 Å². The lowest BCUT2D eigenvalue weighted by molar-refractivity contribution is -0.128. The summed E-state index contributed by atoms with van der Waals surface area (Å²) in [6, 6.07) is 3.42. The van der Waals surface area contributed by atoms with Crippen LogP contribution in [-0.4, -0.2) is 70.9 Å². The van der Waals surface area contributed by atoms with Gasteiger partial charge in [0.2, 0.25) is 11.9 Å². The van der Waals surface area contributed by atoms with Crippen LogP contribution in [0.5, 0.6) is 0 Å². The molecule has 1 atom stereocenters. The van der Waals surface area contributed by atoms with Crippen LogP contribution in [0.2, 0.25) is 0 Å². The molecule has 7 nitrogen and oxygen atoms in total. The number of amidine groups is 1. The molecule has 1 unspecified atom stereocenters. The van der Waals surface area contributed by atoms with Crippen LogP contribution in [0.15, 0.2) is 32.5 Å². The maximum absolute atomic E-state index is 12.7. The van der Waals surface area contributed by atoms with Gasteiger partial charge >= 0.3 is 6.03 Å². The summed E-state index contributed by atoms with van der Waals surface area (Å²) in [5.41, 5.74) is 0. The number of thioether (sulfide) groups is 1. The summed E-state index contributed by atoms with van der Waals surface area (Å²) in [4.78, 5) is 42.2. The summed E-state index contributed by atoms with van der Waals surface area (Å²) in [6.45, 7) is 2.07. The molecule has 0 bridgehead atoms. The molecule has 130 valence electrons. The van der Waals surface area contributed by atoms with Crippen LogP contribution in [0.3, 0.4) is 0 Å². The van der Waals surface area contributed by atoms with Crippen LogP contribution in [-0.2, 0) is 11.2 Å². The van der Waals surface area contributed by atoms with Crippen molar-refractivity contribution < 1.29 is 9.59 Å². The minimum Gasteiger partial charge on any atom is -0.339 e. The van der Waals surface area contributed by atoms with E-state index in [1.165, 1.54) is 4.90 Å². The van der Waals surface area contributed by atoms with E-state index >= 15 is 0 Å². The Labute approximate surface area is 153 Å². The van der Waals surface area contributed by atoms with Gasteiger partial charge in [0.25, 0.3) is 0 Å². The minimum absolute atomic E-state index is 0.269. The Hall–Kier alpha value is -2.00. The molecule has 1 saturated heterocycles. The van der Waals surface area contributed by atoms with E-state index in [1.807, 2.05) is 29.3 Å². The number of hydrogen-bond acceptors (Lipinski definition) is 7. The van der Waals surface area contributed by atoms with Gasteiger partial charge in [-0.2, -0.15) is 21.7 Å². The van der Waals surface area contributed by atoms with Crippen LogP contribution in [0, 0.1) is 5.92 Å². The van der Waals surface area contributed by atoms with Gasteiger partial charge in [-0.3, -0.25) is 9.69 Å². The van der Waals surface area contributed by atoms with Gasteiger partial charge < -0.3 is 4.90 Å². The Bertz CT molecular complexity index is 765. The summed E-state index contributed by atoms with van der Waals surface area (Å²) in [6.07, 6.45) is 2.22. The van der Waals surface area contributed by atoms with Gasteiger partial charge in [-0.1, -0.05) is 6.07 Å². The molecule has 0 N–H and O–H groups in total. The Morgan fingerprint density at radius 3 is 2.80 bits per heavy atom. The molecule has 1 aromatic heterocycles. The number of amides is 3. The molecule has 4 rings (SSSR count). The van der Waals surface area contributed by atoms with Gasteiger partial charge in [-0.25, -0.2) is 9.79 Å². The Kier molecular flexibility index (Phi) is 4.67. The predicted octanol–water partition coefficient (Wildman–Crippen LogP) is 1.76. The molecule has 4 heterocycles. The van der Waals surface area contributed by atoms with E-state index in [9.17, 15) is 9.59 Å². The van der Waals surface area contributed by atoms with Crippen molar-refractivity contribution in [3.8, 4) is 0 Å². The van der Waals surface area contributed by atoms with Crippen molar-refractivity contribution in [1.82, 2.24) is 9.80 Å². The fourth-order valence-corrected chi connectivity index (χ4v) is 4.50. The fourth-order valence-electron chi connectivity index (χ4n) is 2.90. The highest BCUT2D eigenvalue weighted by Gasteiger charge is 2.38. The van der Waals surface area contributed by atoms with Crippen molar-refractivity contribution in [2.24, 2.45) is 20.9 Å². The summed E-state index contributed by atoms with van der Waals surface area (Å²) < 4.78 is 0. The first-order chi connectivity index (χ1) is 12.2. The van der Waals surface area contributed by atoms with E-state index in [1.54, 1.807) is 17.6 Å². The highest BCUT2D eigenvalue weighted by Crippen LogP contribution is 2.20. The largest absolute Gasteiger partial charge is 0.352 e. The van der Waals surface area contributed by atoms with E-state index < -0.39 is 11.9 Å². The van der Waals surface area contributed by atoms with Crippen molar-refractivity contribution in [3.63, 3.8) is 0 Å². The standard InChI is InChI=1S/C16H17N5O2S2/c22-14-12-10-17-15(20-5-8-24-9-6-20)18-13(12)19-16(23)21(14)4-3-11-2-1-7-25-11/h1-2,7,10,12H,3-6,8-9H2. The lowest BCUT2D eigenvalue weighted by Crippen LogP contribution is -2.49. The minimum atomic E-state index is -0.649. The van der Waals surface area contributed by atoms with Crippen molar-refractivity contribution in [2.75, 3.05) is 31.1 Å². The molecule has 3 amide bonds. The van der Waals surface area contributed by atoms with Crippen molar-refractivity contribution in [1.29, 1.82) is 0 Å². The fraction of sp³-hybridized carbons (Fsp3) is 0.438. The molecule has 9 heteroatoms. The third-order valence-corrected chi connectivity index (χ3v) is 6.14. The van der Waals surface area contributed by atoms with E-state index in [0.29, 0.717) is 18.9 Å². The topological polar surface area (TPSA) is 77.7 Å². The number of aliphatic imine (C=N–C) groups is 3. The highest BCUT2D eigenvalue weighted by atomic mass is 32.2. The molecule has 1 aromatic rings. The van der Waals surface area contributed by atoms with Crippen LogP contribution in [0.4, 0.5) is 4.79 Å². The number of rotatable bonds is 3. The average molecular weight is 375 g/mol. The first-order valence-electron chi connectivity index (χ1n) is 8.14. The molecule has 3 aliphatic heterocycles. The van der Waals surface area contributed by atoms with Gasteiger partial charge in [0.1, 0.15) is 5.92 Å². The summed E-state index contributed by atoms with van der Waals surface area (Å²) in [7, 11) is 0.